The number of likely N-dealkylation sites (N-methyl/N-ethyl adjacent to an activating group) is 1. The van der Waals surface area contributed by atoms with Crippen LogP contribution in [-0.4, -0.2) is 49.9 Å². The van der Waals surface area contributed by atoms with Crippen molar-refractivity contribution >= 4 is 11.2 Å². The second kappa shape index (κ2) is 5.48. The van der Waals surface area contributed by atoms with Crippen molar-refractivity contribution in [1.82, 2.24) is 18.7 Å². The van der Waals surface area contributed by atoms with Crippen LogP contribution in [0, 0.1) is 0 Å². The van der Waals surface area contributed by atoms with Crippen LogP contribution in [0.1, 0.15) is 13.8 Å². The van der Waals surface area contributed by atoms with E-state index >= 15 is 0 Å². The Morgan fingerprint density at radius 3 is 2.38 bits per heavy atom. The maximum Gasteiger partial charge on any atom is 0.332 e. The third-order valence-electron chi connectivity index (χ3n) is 4.59. The lowest BCUT2D eigenvalue weighted by molar-refractivity contribution is -0.906. The van der Waals surface area contributed by atoms with Gasteiger partial charge in [-0.15, -0.1) is 0 Å². The Morgan fingerprint density at radius 1 is 1.19 bits per heavy atom. The Hall–Kier alpha value is -1.89. The minimum Gasteiger partial charge on any atom is -0.328 e. The minimum atomic E-state index is -0.301. The molecule has 7 nitrogen and oxygen atoms in total. The summed E-state index contributed by atoms with van der Waals surface area (Å²) < 4.78 is 5.27. The molecule has 0 unspecified atom stereocenters. The number of fused-ring (bicyclic) bond motifs is 1. The molecule has 0 aromatic carbocycles. The summed E-state index contributed by atoms with van der Waals surface area (Å²) in [5.41, 5.74) is 0.350. The van der Waals surface area contributed by atoms with E-state index in [0.29, 0.717) is 17.7 Å². The number of imidazole rings is 1. The topological polar surface area (TPSA) is 61.8 Å². The molecule has 0 aliphatic heterocycles. The van der Waals surface area contributed by atoms with Crippen molar-refractivity contribution in [1.29, 1.82) is 0 Å². The van der Waals surface area contributed by atoms with Crippen molar-refractivity contribution in [3.63, 3.8) is 0 Å². The first-order valence-corrected chi connectivity index (χ1v) is 7.29. The van der Waals surface area contributed by atoms with E-state index in [4.69, 9.17) is 0 Å². The third-order valence-corrected chi connectivity index (χ3v) is 4.59. The zero-order valence-corrected chi connectivity index (χ0v) is 13.5. The van der Waals surface area contributed by atoms with Crippen molar-refractivity contribution in [2.24, 2.45) is 14.1 Å². The summed E-state index contributed by atoms with van der Waals surface area (Å²) in [5.74, 6) is 0. The fourth-order valence-electron chi connectivity index (χ4n) is 2.47. The normalized spacial score (nSPS) is 12.2. The highest BCUT2D eigenvalue weighted by Gasteiger charge is 2.20. The van der Waals surface area contributed by atoms with Gasteiger partial charge in [-0.2, -0.15) is 0 Å². The first-order chi connectivity index (χ1) is 9.84. The van der Waals surface area contributed by atoms with Gasteiger partial charge in [0.25, 0.3) is 5.56 Å². The van der Waals surface area contributed by atoms with Crippen molar-refractivity contribution in [3.05, 3.63) is 27.2 Å². The van der Waals surface area contributed by atoms with Crippen molar-refractivity contribution in [3.8, 4) is 0 Å². The molecule has 0 N–H and O–H groups in total. The van der Waals surface area contributed by atoms with Crippen LogP contribution in [0.5, 0.6) is 0 Å². The first kappa shape index (κ1) is 15.5. The van der Waals surface area contributed by atoms with Gasteiger partial charge in [-0.3, -0.25) is 13.9 Å². The van der Waals surface area contributed by atoms with E-state index in [2.05, 4.69) is 25.9 Å². The van der Waals surface area contributed by atoms with Gasteiger partial charge in [0, 0.05) is 14.1 Å². The average Bonchev–Trinajstić information content (AvgIpc) is 2.86. The van der Waals surface area contributed by atoms with E-state index in [-0.39, 0.29) is 11.2 Å². The smallest absolute Gasteiger partial charge is 0.328 e. The van der Waals surface area contributed by atoms with Gasteiger partial charge in [0.05, 0.1) is 39.6 Å². The molecular weight excluding hydrogens is 270 g/mol. The van der Waals surface area contributed by atoms with Crippen LogP contribution < -0.4 is 11.2 Å². The fraction of sp³-hybridized carbons (Fsp3) is 0.643. The molecular formula is C14H24N5O2+. The van der Waals surface area contributed by atoms with E-state index in [0.717, 1.165) is 24.1 Å². The molecule has 0 spiro atoms. The van der Waals surface area contributed by atoms with E-state index in [1.807, 2.05) is 0 Å². The summed E-state index contributed by atoms with van der Waals surface area (Å²) in [5, 5.41) is 0. The standard InChI is InChI=1S/C14H24N5O2/c1-6-19(5,7-2)9-8-18-13(20)11-12(15-10-16(11)3)17(4)14(18)21/h10H,6-9H2,1-5H3/q+1. The number of aromatic nitrogens is 4. The Morgan fingerprint density at radius 2 is 1.81 bits per heavy atom. The second-order valence-electron chi connectivity index (χ2n) is 5.80. The molecule has 0 saturated heterocycles. The largest absolute Gasteiger partial charge is 0.332 e. The fourth-order valence-corrected chi connectivity index (χ4v) is 2.47. The zero-order chi connectivity index (χ0) is 15.8. The predicted molar refractivity (Wildman–Crippen MR) is 82.3 cm³/mol. The summed E-state index contributed by atoms with van der Waals surface area (Å²) in [7, 11) is 5.56. The average molecular weight is 294 g/mol. The zero-order valence-electron chi connectivity index (χ0n) is 13.5. The van der Waals surface area contributed by atoms with Crippen molar-refractivity contribution in [2.45, 2.75) is 20.4 Å². The Kier molecular flexibility index (Phi) is 4.04. The number of aryl methyl sites for hydroxylation is 2. The maximum atomic E-state index is 12.6. The van der Waals surface area contributed by atoms with Crippen LogP contribution >= 0.6 is 0 Å². The molecule has 116 valence electrons. The monoisotopic (exact) mass is 294 g/mol. The van der Waals surface area contributed by atoms with Crippen LogP contribution in [0.2, 0.25) is 0 Å². The van der Waals surface area contributed by atoms with Crippen LogP contribution in [0.15, 0.2) is 15.9 Å². The SMILES string of the molecule is CC[N+](C)(CC)CCn1c(=O)c2c(ncn2C)n(C)c1=O. The minimum absolute atomic E-state index is 0.258. The summed E-state index contributed by atoms with van der Waals surface area (Å²) in [4.78, 5) is 29.1. The molecule has 2 aromatic heterocycles. The molecule has 21 heavy (non-hydrogen) atoms. The Bertz CT molecular complexity index is 764. The van der Waals surface area contributed by atoms with Gasteiger partial charge in [0.2, 0.25) is 0 Å². The number of rotatable bonds is 5. The van der Waals surface area contributed by atoms with Gasteiger partial charge in [-0.1, -0.05) is 0 Å². The first-order valence-electron chi connectivity index (χ1n) is 7.29. The molecule has 0 fully saturated rings. The summed E-state index contributed by atoms with van der Waals surface area (Å²) in [6, 6.07) is 0. The molecule has 0 saturated carbocycles. The highest BCUT2D eigenvalue weighted by Crippen LogP contribution is 2.04. The molecule has 0 aliphatic carbocycles. The summed E-state index contributed by atoms with van der Waals surface area (Å²) in [6.45, 7) is 7.36. The maximum absolute atomic E-state index is 12.6. The number of hydrogen-bond acceptors (Lipinski definition) is 3. The van der Waals surface area contributed by atoms with Crippen molar-refractivity contribution < 1.29 is 4.48 Å². The lowest BCUT2D eigenvalue weighted by atomic mass is 10.3. The van der Waals surface area contributed by atoms with Crippen LogP contribution in [0.4, 0.5) is 0 Å². The predicted octanol–water partition coefficient (Wildman–Crippen LogP) is -0.0799. The molecule has 0 atom stereocenters. The van der Waals surface area contributed by atoms with E-state index in [9.17, 15) is 9.59 Å². The molecule has 7 heteroatoms. The Labute approximate surface area is 123 Å². The number of hydrogen-bond donors (Lipinski definition) is 0. The molecule has 0 aliphatic rings. The summed E-state index contributed by atoms with van der Waals surface area (Å²) in [6.07, 6.45) is 1.56. The molecule has 0 bridgehead atoms. The highest BCUT2D eigenvalue weighted by molar-refractivity contribution is 5.69. The van der Waals surface area contributed by atoms with Gasteiger partial charge in [0.1, 0.15) is 0 Å². The molecule has 2 aromatic rings. The Balaban J connectivity index is 2.52. The van der Waals surface area contributed by atoms with Gasteiger partial charge in [0.15, 0.2) is 11.2 Å². The molecule has 0 amide bonds. The molecule has 2 heterocycles. The van der Waals surface area contributed by atoms with Gasteiger partial charge >= 0.3 is 5.69 Å². The number of quaternary nitrogens is 1. The second-order valence-corrected chi connectivity index (χ2v) is 5.80. The van der Waals surface area contributed by atoms with Crippen LogP contribution in [0.25, 0.3) is 11.2 Å². The molecule has 0 radical (unpaired) electrons. The molecule has 2 rings (SSSR count). The van der Waals surface area contributed by atoms with Gasteiger partial charge in [-0.05, 0) is 13.8 Å². The lowest BCUT2D eigenvalue weighted by Crippen LogP contribution is -2.49. The highest BCUT2D eigenvalue weighted by atomic mass is 16.2. The van der Waals surface area contributed by atoms with E-state index in [1.165, 1.54) is 9.13 Å². The van der Waals surface area contributed by atoms with Gasteiger partial charge in [-0.25, -0.2) is 9.78 Å². The van der Waals surface area contributed by atoms with Crippen LogP contribution in [-0.2, 0) is 20.6 Å². The third kappa shape index (κ3) is 2.53. The lowest BCUT2D eigenvalue weighted by Gasteiger charge is -2.32. The van der Waals surface area contributed by atoms with E-state index in [1.54, 1.807) is 25.0 Å². The van der Waals surface area contributed by atoms with Crippen molar-refractivity contribution in [2.75, 3.05) is 26.7 Å². The summed E-state index contributed by atoms with van der Waals surface area (Å²) >= 11 is 0. The van der Waals surface area contributed by atoms with E-state index < -0.39 is 0 Å². The van der Waals surface area contributed by atoms with Gasteiger partial charge < -0.3 is 9.05 Å². The quantitative estimate of drug-likeness (QED) is 0.725. The van der Waals surface area contributed by atoms with Crippen LogP contribution in [0.3, 0.4) is 0 Å². The number of nitrogens with zero attached hydrogens (tertiary/aromatic N) is 5.